The number of hydrogen-bond acceptors (Lipinski definition) is 1. The lowest BCUT2D eigenvalue weighted by molar-refractivity contribution is 0.0978. The molecule has 26 heavy (non-hydrogen) atoms. The van der Waals surface area contributed by atoms with Crippen LogP contribution in [-0.2, 0) is 0 Å². The summed E-state index contributed by atoms with van der Waals surface area (Å²) >= 11 is 6.06. The summed E-state index contributed by atoms with van der Waals surface area (Å²) in [6, 6.07) is 25.4. The van der Waals surface area contributed by atoms with Crippen LogP contribution in [0, 0.1) is 0 Å². The van der Waals surface area contributed by atoms with Crippen LogP contribution in [0.25, 0.3) is 10.9 Å². The normalized spacial score (nSPS) is 12.2. The fourth-order valence-corrected chi connectivity index (χ4v) is 3.54. The molecule has 0 amide bonds. The molecule has 1 heterocycles. The average molecular weight is 360 g/mol. The van der Waals surface area contributed by atoms with Gasteiger partial charge in [-0.1, -0.05) is 72.3 Å². The molecule has 128 valence electrons. The molecule has 1 atom stereocenters. The number of aromatic nitrogens is 1. The van der Waals surface area contributed by atoms with Crippen molar-refractivity contribution in [2.75, 3.05) is 0 Å². The molecule has 0 aliphatic rings. The first kappa shape index (κ1) is 16.6. The number of nitrogens with one attached hydrogen (secondary N) is 1. The van der Waals surface area contributed by atoms with E-state index >= 15 is 0 Å². The number of fused-ring (bicyclic) bond motifs is 1. The largest absolute Gasteiger partial charge is 0.361 e. The molecular weight excluding hydrogens is 342 g/mol. The molecule has 0 saturated heterocycles. The summed E-state index contributed by atoms with van der Waals surface area (Å²) in [5.41, 5.74) is 4.04. The zero-order valence-corrected chi connectivity index (χ0v) is 14.9. The molecule has 3 heteroatoms. The van der Waals surface area contributed by atoms with E-state index in [1.807, 2.05) is 72.9 Å². The highest BCUT2D eigenvalue weighted by Gasteiger charge is 2.22. The van der Waals surface area contributed by atoms with Gasteiger partial charge in [0, 0.05) is 40.0 Å². The van der Waals surface area contributed by atoms with Crippen LogP contribution >= 0.6 is 11.6 Å². The molecule has 4 rings (SSSR count). The van der Waals surface area contributed by atoms with E-state index in [9.17, 15) is 4.79 Å². The van der Waals surface area contributed by atoms with E-state index in [4.69, 9.17) is 11.6 Å². The molecule has 1 N–H and O–H groups in total. The Labute approximate surface area is 157 Å². The summed E-state index contributed by atoms with van der Waals surface area (Å²) in [5.74, 6) is 0.104. The van der Waals surface area contributed by atoms with E-state index in [0.29, 0.717) is 11.4 Å². The molecular formula is C23H18ClNO. The van der Waals surface area contributed by atoms with Crippen LogP contribution in [0.5, 0.6) is 0 Å². The summed E-state index contributed by atoms with van der Waals surface area (Å²) in [6.07, 6.45) is 2.43. The number of halogens is 1. The third-order valence-electron chi connectivity index (χ3n) is 4.75. The van der Waals surface area contributed by atoms with Crippen molar-refractivity contribution in [1.29, 1.82) is 0 Å². The standard InChI is InChI=1S/C23H18ClNO/c24-18-12-10-16(11-13-18)20(14-23(26)17-6-2-1-3-7-17)21-15-25-22-9-5-4-8-19(21)22/h1-13,15,20,25H,14H2/t20-/m1/s1. The van der Waals surface area contributed by atoms with Gasteiger partial charge in [-0.05, 0) is 29.3 Å². The van der Waals surface area contributed by atoms with E-state index in [0.717, 1.165) is 27.6 Å². The first-order valence-corrected chi connectivity index (χ1v) is 9.00. The lowest BCUT2D eigenvalue weighted by atomic mass is 9.85. The van der Waals surface area contributed by atoms with E-state index in [1.54, 1.807) is 0 Å². The predicted octanol–water partition coefficient (Wildman–Crippen LogP) is 6.23. The number of Topliss-reactive ketones (excluding diaryl/α,β-unsaturated/α-hetero) is 1. The van der Waals surface area contributed by atoms with Crippen LogP contribution in [-0.4, -0.2) is 10.8 Å². The summed E-state index contributed by atoms with van der Waals surface area (Å²) in [5, 5.41) is 1.84. The Balaban J connectivity index is 1.77. The minimum Gasteiger partial charge on any atom is -0.361 e. The van der Waals surface area contributed by atoms with Crippen molar-refractivity contribution in [2.45, 2.75) is 12.3 Å². The van der Waals surface area contributed by atoms with Crippen LogP contribution in [0.3, 0.4) is 0 Å². The SMILES string of the molecule is O=C(C[C@H](c1ccc(Cl)cc1)c1c[nH]c2ccccc12)c1ccccc1. The number of hydrogen-bond donors (Lipinski definition) is 1. The van der Waals surface area contributed by atoms with Gasteiger partial charge in [-0.3, -0.25) is 4.79 Å². The Morgan fingerprint density at radius 1 is 0.885 bits per heavy atom. The minimum absolute atomic E-state index is 0.0314. The number of ketones is 1. The molecule has 4 aromatic rings. The monoisotopic (exact) mass is 359 g/mol. The van der Waals surface area contributed by atoms with Gasteiger partial charge in [0.05, 0.1) is 0 Å². The second-order valence-corrected chi connectivity index (χ2v) is 6.82. The van der Waals surface area contributed by atoms with Crippen LogP contribution in [0.15, 0.2) is 85.1 Å². The van der Waals surface area contributed by atoms with Gasteiger partial charge in [0.2, 0.25) is 0 Å². The molecule has 0 spiro atoms. The van der Waals surface area contributed by atoms with E-state index < -0.39 is 0 Å². The average Bonchev–Trinajstić information content (AvgIpc) is 3.11. The summed E-state index contributed by atoms with van der Waals surface area (Å²) < 4.78 is 0. The Bertz CT molecular complexity index is 1030. The Morgan fingerprint density at radius 3 is 2.35 bits per heavy atom. The number of carbonyl (C=O) groups excluding carboxylic acids is 1. The van der Waals surface area contributed by atoms with E-state index in [-0.39, 0.29) is 11.7 Å². The lowest BCUT2D eigenvalue weighted by Gasteiger charge is -2.17. The fourth-order valence-electron chi connectivity index (χ4n) is 3.41. The zero-order chi connectivity index (χ0) is 17.9. The van der Waals surface area contributed by atoms with Crippen molar-refractivity contribution in [3.8, 4) is 0 Å². The number of para-hydroxylation sites is 1. The van der Waals surface area contributed by atoms with Crippen molar-refractivity contribution in [1.82, 2.24) is 4.98 Å². The van der Waals surface area contributed by atoms with Crippen LogP contribution in [0.4, 0.5) is 0 Å². The molecule has 0 bridgehead atoms. The van der Waals surface area contributed by atoms with Crippen molar-refractivity contribution in [2.24, 2.45) is 0 Å². The first-order chi connectivity index (χ1) is 12.7. The second kappa shape index (κ2) is 7.19. The lowest BCUT2D eigenvalue weighted by Crippen LogP contribution is -2.09. The molecule has 0 saturated carbocycles. The maximum atomic E-state index is 12.9. The summed E-state index contributed by atoms with van der Waals surface area (Å²) in [6.45, 7) is 0. The number of H-pyrrole nitrogens is 1. The van der Waals surface area contributed by atoms with E-state index in [2.05, 4.69) is 17.1 Å². The van der Waals surface area contributed by atoms with Gasteiger partial charge >= 0.3 is 0 Å². The topological polar surface area (TPSA) is 32.9 Å². The first-order valence-electron chi connectivity index (χ1n) is 8.62. The Hall–Kier alpha value is -2.84. The summed E-state index contributed by atoms with van der Waals surface area (Å²) in [7, 11) is 0. The van der Waals surface area contributed by atoms with Gasteiger partial charge in [0.15, 0.2) is 5.78 Å². The molecule has 0 fully saturated rings. The van der Waals surface area contributed by atoms with Gasteiger partial charge in [-0.2, -0.15) is 0 Å². The molecule has 2 nitrogen and oxygen atoms in total. The Morgan fingerprint density at radius 2 is 1.58 bits per heavy atom. The van der Waals surface area contributed by atoms with Gasteiger partial charge in [0.1, 0.15) is 0 Å². The molecule has 0 aliphatic carbocycles. The maximum Gasteiger partial charge on any atom is 0.163 e. The predicted molar refractivity (Wildman–Crippen MR) is 107 cm³/mol. The van der Waals surface area contributed by atoms with Crippen LogP contribution in [0.2, 0.25) is 5.02 Å². The van der Waals surface area contributed by atoms with Crippen molar-refractivity contribution < 1.29 is 4.79 Å². The highest BCUT2D eigenvalue weighted by atomic mass is 35.5. The molecule has 1 aromatic heterocycles. The number of carbonyl (C=O) groups is 1. The number of rotatable bonds is 5. The van der Waals surface area contributed by atoms with E-state index in [1.165, 1.54) is 0 Å². The quantitative estimate of drug-likeness (QED) is 0.421. The highest BCUT2D eigenvalue weighted by Crippen LogP contribution is 2.34. The van der Waals surface area contributed by atoms with Crippen LogP contribution in [0.1, 0.15) is 33.8 Å². The molecule has 0 unspecified atom stereocenters. The minimum atomic E-state index is -0.0314. The van der Waals surface area contributed by atoms with Gasteiger partial charge in [-0.15, -0.1) is 0 Å². The Kier molecular flexibility index (Phi) is 4.59. The molecule has 0 aliphatic heterocycles. The maximum absolute atomic E-state index is 12.9. The molecule has 0 radical (unpaired) electrons. The van der Waals surface area contributed by atoms with Gasteiger partial charge in [0.25, 0.3) is 0 Å². The summed E-state index contributed by atoms with van der Waals surface area (Å²) in [4.78, 5) is 16.2. The number of benzene rings is 3. The van der Waals surface area contributed by atoms with Gasteiger partial charge < -0.3 is 4.98 Å². The molecule has 3 aromatic carbocycles. The zero-order valence-electron chi connectivity index (χ0n) is 14.2. The highest BCUT2D eigenvalue weighted by molar-refractivity contribution is 6.30. The fraction of sp³-hybridized carbons (Fsp3) is 0.0870. The second-order valence-electron chi connectivity index (χ2n) is 6.39. The third kappa shape index (κ3) is 3.29. The van der Waals surface area contributed by atoms with Crippen molar-refractivity contribution in [3.63, 3.8) is 0 Å². The smallest absolute Gasteiger partial charge is 0.163 e. The van der Waals surface area contributed by atoms with Crippen LogP contribution < -0.4 is 0 Å². The third-order valence-corrected chi connectivity index (χ3v) is 5.01. The van der Waals surface area contributed by atoms with Crippen molar-refractivity contribution in [3.05, 3.63) is 107 Å². The number of aromatic amines is 1. The van der Waals surface area contributed by atoms with Gasteiger partial charge in [-0.25, -0.2) is 0 Å². The van der Waals surface area contributed by atoms with Crippen molar-refractivity contribution >= 4 is 28.3 Å².